The summed E-state index contributed by atoms with van der Waals surface area (Å²) in [7, 11) is 0. The van der Waals surface area contributed by atoms with Gasteiger partial charge in [0.2, 0.25) is 0 Å². The highest BCUT2D eigenvalue weighted by Crippen LogP contribution is 2.12. The third-order valence-corrected chi connectivity index (χ3v) is 3.35. The highest BCUT2D eigenvalue weighted by Gasteiger charge is 2.09. The van der Waals surface area contributed by atoms with Gasteiger partial charge in [-0.2, -0.15) is 0 Å². The van der Waals surface area contributed by atoms with Crippen LogP contribution < -0.4 is 0 Å². The van der Waals surface area contributed by atoms with Crippen LogP contribution in [0, 0.1) is 0 Å². The summed E-state index contributed by atoms with van der Waals surface area (Å²) < 4.78 is 0. The third-order valence-electron chi connectivity index (χ3n) is 3.35. The number of nitrogens with zero attached hydrogens (tertiary/aromatic N) is 3. The van der Waals surface area contributed by atoms with Gasteiger partial charge in [0.25, 0.3) is 0 Å². The Morgan fingerprint density at radius 1 is 0.762 bits per heavy atom. The molecule has 1 N–H and O–H groups in total. The molecule has 2 aromatic carbocycles. The van der Waals surface area contributed by atoms with E-state index in [2.05, 4.69) is 68.8 Å². The molecule has 0 saturated carbocycles. The van der Waals surface area contributed by atoms with Crippen LogP contribution in [0.4, 0.5) is 0 Å². The Morgan fingerprint density at radius 2 is 1.33 bits per heavy atom. The van der Waals surface area contributed by atoms with Crippen molar-refractivity contribution in [2.24, 2.45) is 0 Å². The van der Waals surface area contributed by atoms with Gasteiger partial charge in [0.15, 0.2) is 0 Å². The van der Waals surface area contributed by atoms with Crippen molar-refractivity contribution in [1.82, 2.24) is 20.3 Å². The van der Waals surface area contributed by atoms with Crippen LogP contribution in [0.3, 0.4) is 0 Å². The normalized spacial score (nSPS) is 10.9. The average Bonchev–Trinajstić information content (AvgIpc) is 3.02. The second kappa shape index (κ2) is 6.81. The van der Waals surface area contributed by atoms with Crippen molar-refractivity contribution in [2.75, 3.05) is 0 Å². The maximum Gasteiger partial charge on any atom is 0.0964 e. The molecule has 3 rings (SSSR count). The van der Waals surface area contributed by atoms with Gasteiger partial charge in [0.1, 0.15) is 0 Å². The molecule has 4 nitrogen and oxygen atoms in total. The van der Waals surface area contributed by atoms with Crippen molar-refractivity contribution in [3.63, 3.8) is 0 Å². The van der Waals surface area contributed by atoms with Gasteiger partial charge >= 0.3 is 0 Å². The monoisotopic (exact) mass is 278 g/mol. The first kappa shape index (κ1) is 13.5. The van der Waals surface area contributed by atoms with Gasteiger partial charge in [0.05, 0.1) is 5.69 Å². The first-order valence-corrected chi connectivity index (χ1v) is 7.06. The largest absolute Gasteiger partial charge is 0.289 e. The minimum absolute atomic E-state index is 0.778. The Bertz CT molecular complexity index is 594. The summed E-state index contributed by atoms with van der Waals surface area (Å²) in [6.45, 7) is 2.56. The topological polar surface area (TPSA) is 44.8 Å². The van der Waals surface area contributed by atoms with E-state index in [1.165, 1.54) is 11.1 Å². The van der Waals surface area contributed by atoms with Crippen LogP contribution in [0.5, 0.6) is 0 Å². The number of nitrogens with one attached hydrogen (secondary N) is 1. The molecule has 0 spiro atoms. The van der Waals surface area contributed by atoms with Crippen molar-refractivity contribution < 1.29 is 0 Å². The average molecular weight is 278 g/mol. The molecule has 0 atom stereocenters. The Hall–Kier alpha value is -2.46. The van der Waals surface area contributed by atoms with E-state index in [1.807, 2.05) is 18.3 Å². The highest BCUT2D eigenvalue weighted by atomic mass is 15.3. The lowest BCUT2D eigenvalue weighted by atomic mass is 10.1. The minimum Gasteiger partial charge on any atom is -0.289 e. The van der Waals surface area contributed by atoms with E-state index in [0.717, 1.165) is 25.3 Å². The molecule has 0 radical (unpaired) electrons. The maximum absolute atomic E-state index is 4.09. The summed E-state index contributed by atoms with van der Waals surface area (Å²) in [5.74, 6) is 0. The van der Waals surface area contributed by atoms with Crippen LogP contribution in [-0.4, -0.2) is 20.3 Å². The van der Waals surface area contributed by atoms with E-state index in [1.54, 1.807) is 0 Å². The quantitative estimate of drug-likeness (QED) is 0.754. The Balaban J connectivity index is 1.74. The lowest BCUT2D eigenvalue weighted by Crippen LogP contribution is -2.22. The molecule has 0 unspecified atom stereocenters. The first-order chi connectivity index (χ1) is 10.4. The molecule has 0 aliphatic heterocycles. The van der Waals surface area contributed by atoms with E-state index in [-0.39, 0.29) is 0 Å². The molecular formula is C17H18N4. The molecule has 106 valence electrons. The molecule has 0 aliphatic rings. The van der Waals surface area contributed by atoms with Gasteiger partial charge in [-0.3, -0.25) is 10.00 Å². The van der Waals surface area contributed by atoms with E-state index in [4.69, 9.17) is 0 Å². The van der Waals surface area contributed by atoms with E-state index >= 15 is 0 Å². The van der Waals surface area contributed by atoms with Crippen LogP contribution in [0.15, 0.2) is 66.9 Å². The fourth-order valence-corrected chi connectivity index (χ4v) is 2.38. The van der Waals surface area contributed by atoms with Crippen molar-refractivity contribution >= 4 is 0 Å². The molecule has 0 amide bonds. The fraction of sp³-hybridized carbons (Fsp3) is 0.176. The summed E-state index contributed by atoms with van der Waals surface area (Å²) in [5, 5.41) is 10.7. The Morgan fingerprint density at radius 3 is 1.81 bits per heavy atom. The zero-order valence-corrected chi connectivity index (χ0v) is 11.8. The number of hydrogen-bond acceptors (Lipinski definition) is 3. The maximum atomic E-state index is 4.09. The summed E-state index contributed by atoms with van der Waals surface area (Å²) in [5.41, 5.74) is 3.57. The van der Waals surface area contributed by atoms with Crippen LogP contribution >= 0.6 is 0 Å². The summed E-state index contributed by atoms with van der Waals surface area (Å²) in [6.07, 6.45) is 1.85. The highest BCUT2D eigenvalue weighted by molar-refractivity contribution is 5.17. The zero-order valence-electron chi connectivity index (χ0n) is 11.8. The van der Waals surface area contributed by atoms with Gasteiger partial charge in [-0.25, -0.2) is 0 Å². The van der Waals surface area contributed by atoms with Gasteiger partial charge in [-0.1, -0.05) is 65.9 Å². The predicted octanol–water partition coefficient (Wildman–Crippen LogP) is 3.01. The number of aromatic nitrogens is 3. The summed E-state index contributed by atoms with van der Waals surface area (Å²) >= 11 is 0. The molecule has 21 heavy (non-hydrogen) atoms. The number of benzene rings is 2. The van der Waals surface area contributed by atoms with E-state index in [9.17, 15) is 0 Å². The van der Waals surface area contributed by atoms with Gasteiger partial charge < -0.3 is 0 Å². The van der Waals surface area contributed by atoms with Gasteiger partial charge in [0, 0.05) is 25.8 Å². The molecule has 1 heterocycles. The van der Waals surface area contributed by atoms with E-state index in [0.29, 0.717) is 0 Å². The molecule has 3 aromatic rings. The molecule has 1 aromatic heterocycles. The number of rotatable bonds is 6. The smallest absolute Gasteiger partial charge is 0.0964 e. The summed E-state index contributed by atoms with van der Waals surface area (Å²) in [6, 6.07) is 21.0. The van der Waals surface area contributed by atoms with Crippen molar-refractivity contribution in [1.29, 1.82) is 0 Å². The zero-order chi connectivity index (χ0) is 14.3. The van der Waals surface area contributed by atoms with Gasteiger partial charge in [-0.15, -0.1) is 5.10 Å². The number of hydrogen-bond donors (Lipinski definition) is 1. The van der Waals surface area contributed by atoms with Crippen molar-refractivity contribution in [3.05, 3.63) is 83.7 Å². The first-order valence-electron chi connectivity index (χ1n) is 7.06. The molecule has 0 fully saturated rings. The minimum atomic E-state index is 0.778. The SMILES string of the molecule is c1ccc(CN(Cc2ccccc2)Cc2c[nH]nn2)cc1. The van der Waals surface area contributed by atoms with Crippen LogP contribution in [-0.2, 0) is 19.6 Å². The fourth-order valence-electron chi connectivity index (χ4n) is 2.38. The molecule has 0 aliphatic carbocycles. The van der Waals surface area contributed by atoms with Crippen molar-refractivity contribution in [3.8, 4) is 0 Å². The van der Waals surface area contributed by atoms with Gasteiger partial charge in [-0.05, 0) is 11.1 Å². The molecular weight excluding hydrogens is 260 g/mol. The van der Waals surface area contributed by atoms with Crippen LogP contribution in [0.25, 0.3) is 0 Å². The third kappa shape index (κ3) is 4.00. The molecule has 4 heteroatoms. The van der Waals surface area contributed by atoms with E-state index < -0.39 is 0 Å². The summed E-state index contributed by atoms with van der Waals surface area (Å²) in [4.78, 5) is 2.36. The van der Waals surface area contributed by atoms with Crippen LogP contribution in [0.2, 0.25) is 0 Å². The van der Waals surface area contributed by atoms with Crippen LogP contribution in [0.1, 0.15) is 16.8 Å². The Kier molecular flexibility index (Phi) is 4.39. The molecule has 0 saturated heterocycles. The lowest BCUT2D eigenvalue weighted by Gasteiger charge is -2.21. The standard InChI is InChI=1S/C17H18N4/c1-3-7-15(8-4-1)12-21(14-17-11-18-20-19-17)13-16-9-5-2-6-10-16/h1-11H,12-14H2,(H,18,19,20). The lowest BCUT2D eigenvalue weighted by molar-refractivity contribution is 0.244. The predicted molar refractivity (Wildman–Crippen MR) is 82.2 cm³/mol. The number of H-pyrrole nitrogens is 1. The molecule has 0 bridgehead atoms. The second-order valence-corrected chi connectivity index (χ2v) is 5.08. The Labute approximate surface area is 124 Å². The number of aromatic amines is 1. The van der Waals surface area contributed by atoms with Crippen molar-refractivity contribution in [2.45, 2.75) is 19.6 Å². The second-order valence-electron chi connectivity index (χ2n) is 5.08.